The van der Waals surface area contributed by atoms with E-state index in [2.05, 4.69) is 30.9 Å². The third kappa shape index (κ3) is 3.69. The molecule has 0 unspecified atom stereocenters. The second-order valence-corrected chi connectivity index (χ2v) is 5.74. The van der Waals surface area contributed by atoms with Crippen molar-refractivity contribution >= 4 is 11.7 Å². The highest BCUT2D eigenvalue weighted by Gasteiger charge is 2.16. The minimum Gasteiger partial charge on any atom is -0.388 e. The zero-order valence-electron chi connectivity index (χ0n) is 11.9. The number of nitrogens with two attached hydrogens (primary N) is 1. The van der Waals surface area contributed by atoms with Gasteiger partial charge in [-0.25, -0.2) is 4.98 Å². The van der Waals surface area contributed by atoms with Gasteiger partial charge in [0, 0.05) is 25.2 Å². The summed E-state index contributed by atoms with van der Waals surface area (Å²) < 4.78 is 0. The average Bonchev–Trinajstić information content (AvgIpc) is 2.80. The van der Waals surface area contributed by atoms with Crippen molar-refractivity contribution < 1.29 is 0 Å². The topological polar surface area (TPSA) is 66.0 Å². The van der Waals surface area contributed by atoms with Crippen LogP contribution in [0.5, 0.6) is 0 Å². The maximum Gasteiger partial charge on any atom is 0.128 e. The van der Waals surface area contributed by atoms with E-state index in [9.17, 15) is 0 Å². The quantitative estimate of drug-likeness (QED) is 0.609. The summed E-state index contributed by atoms with van der Waals surface area (Å²) in [4.78, 5) is 7.05. The summed E-state index contributed by atoms with van der Waals surface area (Å²) in [7, 11) is 0. The molecule has 0 aromatic carbocycles. The molecule has 0 saturated carbocycles. The first-order valence-electron chi connectivity index (χ1n) is 7.13. The summed E-state index contributed by atoms with van der Waals surface area (Å²) in [5.41, 5.74) is 8.14. The second kappa shape index (κ2) is 6.04. The van der Waals surface area contributed by atoms with E-state index in [0.717, 1.165) is 25.3 Å². The Morgan fingerprint density at radius 2 is 2.21 bits per heavy atom. The summed E-state index contributed by atoms with van der Waals surface area (Å²) >= 11 is 0. The summed E-state index contributed by atoms with van der Waals surface area (Å²) in [6.07, 6.45) is 4.10. The van der Waals surface area contributed by atoms with Crippen molar-refractivity contribution in [1.82, 2.24) is 4.98 Å². The lowest BCUT2D eigenvalue weighted by atomic mass is 10.2. The van der Waals surface area contributed by atoms with Gasteiger partial charge in [0.2, 0.25) is 0 Å². The van der Waals surface area contributed by atoms with Crippen LogP contribution >= 0.6 is 0 Å². The summed E-state index contributed by atoms with van der Waals surface area (Å²) in [6, 6.07) is 4.33. The van der Waals surface area contributed by atoms with Gasteiger partial charge in [0.15, 0.2) is 0 Å². The van der Waals surface area contributed by atoms with Gasteiger partial charge in [-0.2, -0.15) is 0 Å². The molecule has 1 aliphatic rings. The minimum absolute atomic E-state index is 0.245. The number of anilines is 1. The summed E-state index contributed by atoms with van der Waals surface area (Å²) in [6.45, 7) is 6.14. The molecule has 0 spiro atoms. The van der Waals surface area contributed by atoms with Gasteiger partial charge in [-0.05, 0) is 36.8 Å². The Kier molecular flexibility index (Phi) is 4.40. The van der Waals surface area contributed by atoms with Gasteiger partial charge in [-0.1, -0.05) is 19.9 Å². The Morgan fingerprint density at radius 3 is 2.89 bits per heavy atom. The van der Waals surface area contributed by atoms with Crippen molar-refractivity contribution in [2.75, 3.05) is 18.0 Å². The third-order valence-electron chi connectivity index (χ3n) is 3.47. The Bertz CT molecular complexity index is 453. The molecule has 0 atom stereocenters. The molecular formula is C15H24N4. The van der Waals surface area contributed by atoms with Crippen molar-refractivity contribution in [2.24, 2.45) is 11.7 Å². The van der Waals surface area contributed by atoms with Crippen molar-refractivity contribution in [3.63, 3.8) is 0 Å². The number of nitrogens with one attached hydrogen (secondary N) is 1. The number of hydrogen-bond donors (Lipinski definition) is 2. The molecule has 0 amide bonds. The first kappa shape index (κ1) is 13.8. The van der Waals surface area contributed by atoms with Gasteiger partial charge in [-0.3, -0.25) is 5.41 Å². The maximum atomic E-state index is 7.39. The normalized spacial score (nSPS) is 13.6. The molecule has 0 fully saturated rings. The Labute approximate surface area is 115 Å². The lowest BCUT2D eigenvalue weighted by Gasteiger charge is -2.26. The fraction of sp³-hybridized carbons (Fsp3) is 0.600. The van der Waals surface area contributed by atoms with E-state index in [1.165, 1.54) is 24.1 Å². The van der Waals surface area contributed by atoms with E-state index in [1.807, 2.05) is 0 Å². The molecule has 0 saturated heterocycles. The molecule has 104 valence electrons. The van der Waals surface area contributed by atoms with Crippen LogP contribution in [-0.2, 0) is 12.8 Å². The van der Waals surface area contributed by atoms with Crippen LogP contribution in [0, 0.1) is 11.3 Å². The van der Waals surface area contributed by atoms with Crippen molar-refractivity contribution in [1.29, 1.82) is 5.41 Å². The Hall–Kier alpha value is -1.58. The molecule has 1 aromatic rings. The van der Waals surface area contributed by atoms with Gasteiger partial charge in [0.05, 0.1) is 5.84 Å². The molecule has 1 aromatic heterocycles. The molecule has 3 N–H and O–H groups in total. The summed E-state index contributed by atoms with van der Waals surface area (Å²) in [5.74, 6) is 1.85. The Morgan fingerprint density at radius 1 is 1.42 bits per heavy atom. The predicted molar refractivity (Wildman–Crippen MR) is 79.8 cm³/mol. The predicted octanol–water partition coefficient (Wildman–Crippen LogP) is 2.36. The molecule has 1 aliphatic carbocycles. The van der Waals surface area contributed by atoms with Crippen LogP contribution in [0.15, 0.2) is 12.1 Å². The lowest BCUT2D eigenvalue weighted by Crippen LogP contribution is -2.32. The van der Waals surface area contributed by atoms with Crippen LogP contribution in [-0.4, -0.2) is 23.9 Å². The molecule has 0 radical (unpaired) electrons. The van der Waals surface area contributed by atoms with Gasteiger partial charge < -0.3 is 10.6 Å². The molecule has 19 heavy (non-hydrogen) atoms. The van der Waals surface area contributed by atoms with Crippen molar-refractivity contribution in [3.8, 4) is 0 Å². The number of nitrogens with zero attached hydrogens (tertiary/aromatic N) is 2. The van der Waals surface area contributed by atoms with E-state index in [4.69, 9.17) is 16.1 Å². The minimum atomic E-state index is 0.245. The molecule has 4 nitrogen and oxygen atoms in total. The molecule has 4 heteroatoms. The largest absolute Gasteiger partial charge is 0.388 e. The Balaban J connectivity index is 2.14. The van der Waals surface area contributed by atoms with E-state index in [-0.39, 0.29) is 5.84 Å². The highest BCUT2D eigenvalue weighted by molar-refractivity contribution is 5.77. The van der Waals surface area contributed by atoms with E-state index >= 15 is 0 Å². The number of rotatable bonds is 6. The third-order valence-corrected chi connectivity index (χ3v) is 3.47. The van der Waals surface area contributed by atoms with Crippen LogP contribution in [0.4, 0.5) is 5.82 Å². The molecule has 0 bridgehead atoms. The van der Waals surface area contributed by atoms with E-state index in [1.54, 1.807) is 0 Å². The monoisotopic (exact) mass is 260 g/mol. The first-order chi connectivity index (χ1) is 9.06. The number of aromatic nitrogens is 1. The van der Waals surface area contributed by atoms with Gasteiger partial charge in [-0.15, -0.1) is 0 Å². The van der Waals surface area contributed by atoms with Crippen LogP contribution in [0.2, 0.25) is 0 Å². The van der Waals surface area contributed by atoms with Gasteiger partial charge >= 0.3 is 0 Å². The maximum absolute atomic E-state index is 7.39. The SMILES string of the molecule is CC(C)CN(CCC(=N)N)c1ccc2c(n1)CCC2. The average molecular weight is 260 g/mol. The smallest absolute Gasteiger partial charge is 0.128 e. The second-order valence-electron chi connectivity index (χ2n) is 5.74. The highest BCUT2D eigenvalue weighted by Crippen LogP contribution is 2.23. The molecule has 2 rings (SSSR count). The van der Waals surface area contributed by atoms with Crippen molar-refractivity contribution in [3.05, 3.63) is 23.4 Å². The molecular weight excluding hydrogens is 236 g/mol. The van der Waals surface area contributed by atoms with Gasteiger partial charge in [0.1, 0.15) is 5.82 Å². The van der Waals surface area contributed by atoms with E-state index in [0.29, 0.717) is 12.3 Å². The number of fused-ring (bicyclic) bond motifs is 1. The fourth-order valence-corrected chi connectivity index (χ4v) is 2.58. The number of amidine groups is 1. The van der Waals surface area contributed by atoms with Crippen molar-refractivity contribution in [2.45, 2.75) is 39.5 Å². The number of aryl methyl sites for hydroxylation is 2. The van der Waals surface area contributed by atoms with Gasteiger partial charge in [0.25, 0.3) is 0 Å². The standard InChI is InChI=1S/C15H24N4/c1-11(2)10-19(9-8-14(16)17)15-7-6-12-4-3-5-13(12)18-15/h6-7,11H,3-5,8-10H2,1-2H3,(H3,16,17). The van der Waals surface area contributed by atoms with E-state index < -0.39 is 0 Å². The number of pyridine rings is 1. The zero-order valence-corrected chi connectivity index (χ0v) is 11.9. The fourth-order valence-electron chi connectivity index (χ4n) is 2.58. The van der Waals surface area contributed by atoms with Crippen LogP contribution < -0.4 is 10.6 Å². The first-order valence-corrected chi connectivity index (χ1v) is 7.13. The lowest BCUT2D eigenvalue weighted by molar-refractivity contribution is 0.608. The zero-order chi connectivity index (χ0) is 13.8. The van der Waals surface area contributed by atoms with Crippen LogP contribution in [0.25, 0.3) is 0 Å². The van der Waals surface area contributed by atoms with Crippen LogP contribution in [0.1, 0.15) is 37.9 Å². The highest BCUT2D eigenvalue weighted by atomic mass is 15.2. The van der Waals surface area contributed by atoms with Crippen LogP contribution in [0.3, 0.4) is 0 Å². The summed E-state index contributed by atoms with van der Waals surface area (Å²) in [5, 5.41) is 7.39. The molecule has 1 heterocycles. The molecule has 0 aliphatic heterocycles. The number of hydrogen-bond acceptors (Lipinski definition) is 3.